The number of hydrogen-bond donors (Lipinski definition) is 1. The highest BCUT2D eigenvalue weighted by atomic mass is 32.1. The van der Waals surface area contributed by atoms with Gasteiger partial charge in [0.2, 0.25) is 0 Å². The number of fused-ring (bicyclic) bond motifs is 2. The number of nitrogens with one attached hydrogen (secondary N) is 1. The van der Waals surface area contributed by atoms with Gasteiger partial charge in [0, 0.05) is 39.8 Å². The van der Waals surface area contributed by atoms with E-state index in [1.807, 2.05) is 30.3 Å². The molecule has 0 saturated carbocycles. The highest BCUT2D eigenvalue weighted by Crippen LogP contribution is 2.37. The van der Waals surface area contributed by atoms with Crippen LogP contribution in [0.5, 0.6) is 17.2 Å². The Hall–Kier alpha value is -2.71. The first-order valence-electron chi connectivity index (χ1n) is 11.8. The zero-order valence-electron chi connectivity index (χ0n) is 20.0. The van der Waals surface area contributed by atoms with Crippen LogP contribution in [0.15, 0.2) is 48.7 Å². The lowest BCUT2D eigenvalue weighted by atomic mass is 10.1. The SMILES string of the molecule is CNOCc1c(C)sc2cc(Oc3ccnc4ccc(OCCC5CCCN5C)cc34)ccc12. The summed E-state index contributed by atoms with van der Waals surface area (Å²) in [6.45, 7) is 4.57. The molecule has 0 radical (unpaired) electrons. The van der Waals surface area contributed by atoms with Gasteiger partial charge in [-0.3, -0.25) is 9.82 Å². The lowest BCUT2D eigenvalue weighted by molar-refractivity contribution is 0.0450. The topological polar surface area (TPSA) is 55.9 Å². The van der Waals surface area contributed by atoms with Gasteiger partial charge in [-0.1, -0.05) is 0 Å². The van der Waals surface area contributed by atoms with Gasteiger partial charge < -0.3 is 14.4 Å². The van der Waals surface area contributed by atoms with Crippen molar-refractivity contribution in [1.82, 2.24) is 15.4 Å². The third-order valence-electron chi connectivity index (χ3n) is 6.62. The molecule has 2 aromatic carbocycles. The Bertz CT molecular complexity index is 1290. The van der Waals surface area contributed by atoms with E-state index in [9.17, 15) is 0 Å². The molecule has 34 heavy (non-hydrogen) atoms. The molecule has 1 aliphatic rings. The van der Waals surface area contributed by atoms with E-state index < -0.39 is 0 Å². The number of rotatable bonds is 9. The summed E-state index contributed by atoms with van der Waals surface area (Å²) in [4.78, 5) is 13.6. The van der Waals surface area contributed by atoms with Crippen molar-refractivity contribution in [1.29, 1.82) is 0 Å². The van der Waals surface area contributed by atoms with Crippen LogP contribution in [-0.2, 0) is 11.4 Å². The van der Waals surface area contributed by atoms with Crippen LogP contribution < -0.4 is 15.0 Å². The molecule has 0 aliphatic carbocycles. The summed E-state index contributed by atoms with van der Waals surface area (Å²) in [5.74, 6) is 2.43. The van der Waals surface area contributed by atoms with Crippen molar-refractivity contribution in [3.8, 4) is 17.2 Å². The molecule has 2 aromatic heterocycles. The maximum Gasteiger partial charge on any atom is 0.138 e. The number of hydrogen-bond acceptors (Lipinski definition) is 7. The number of benzene rings is 2. The standard InChI is InChI=1S/C27H31N3O3S/c1-18-24(17-32-28-2)22-8-6-21(16-27(22)34-18)33-26-10-12-29-25-9-7-20(15-23(25)26)31-14-11-19-5-4-13-30(19)3/h6-10,12,15-16,19,28H,4-5,11,13-14,17H2,1-3H3. The monoisotopic (exact) mass is 477 g/mol. The van der Waals surface area contributed by atoms with Crippen LogP contribution in [0.3, 0.4) is 0 Å². The van der Waals surface area contributed by atoms with E-state index in [1.54, 1.807) is 24.6 Å². The van der Waals surface area contributed by atoms with Crippen LogP contribution in [0.2, 0.25) is 0 Å². The second-order valence-corrected chi connectivity index (χ2v) is 10.0. The summed E-state index contributed by atoms with van der Waals surface area (Å²) in [5, 5.41) is 2.15. The number of aryl methyl sites for hydroxylation is 1. The zero-order chi connectivity index (χ0) is 23.5. The van der Waals surface area contributed by atoms with Crippen molar-refractivity contribution in [2.24, 2.45) is 0 Å². The molecule has 0 spiro atoms. The van der Waals surface area contributed by atoms with E-state index in [2.05, 4.69) is 41.5 Å². The first-order valence-corrected chi connectivity index (χ1v) is 12.6. The highest BCUT2D eigenvalue weighted by Gasteiger charge is 2.20. The number of pyridine rings is 1. The lowest BCUT2D eigenvalue weighted by Gasteiger charge is -2.19. The van der Waals surface area contributed by atoms with Gasteiger partial charge in [0.25, 0.3) is 0 Å². The average molecular weight is 478 g/mol. The Morgan fingerprint density at radius 2 is 2.00 bits per heavy atom. The predicted molar refractivity (Wildman–Crippen MR) is 138 cm³/mol. The molecule has 1 N–H and O–H groups in total. The van der Waals surface area contributed by atoms with Crippen LogP contribution in [0.4, 0.5) is 0 Å². The molecule has 3 heterocycles. The Balaban J connectivity index is 1.34. The van der Waals surface area contributed by atoms with Crippen LogP contribution in [0.1, 0.15) is 29.7 Å². The van der Waals surface area contributed by atoms with Crippen molar-refractivity contribution < 1.29 is 14.3 Å². The lowest BCUT2D eigenvalue weighted by Crippen LogP contribution is -2.26. The van der Waals surface area contributed by atoms with E-state index in [0.29, 0.717) is 19.3 Å². The highest BCUT2D eigenvalue weighted by molar-refractivity contribution is 7.19. The van der Waals surface area contributed by atoms with Crippen molar-refractivity contribution in [2.75, 3.05) is 27.2 Å². The average Bonchev–Trinajstić information content (AvgIpc) is 3.39. The Morgan fingerprint density at radius 3 is 2.82 bits per heavy atom. The normalized spacial score (nSPS) is 16.5. The summed E-state index contributed by atoms with van der Waals surface area (Å²) in [7, 11) is 3.98. The second kappa shape index (κ2) is 10.3. The molecule has 1 atom stereocenters. The molecule has 1 aliphatic heterocycles. The van der Waals surface area contributed by atoms with Gasteiger partial charge in [-0.2, -0.15) is 0 Å². The largest absolute Gasteiger partial charge is 0.494 e. The van der Waals surface area contributed by atoms with E-state index >= 15 is 0 Å². The fraction of sp³-hybridized carbons (Fsp3) is 0.370. The van der Waals surface area contributed by atoms with Crippen LogP contribution >= 0.6 is 11.3 Å². The summed E-state index contributed by atoms with van der Waals surface area (Å²) >= 11 is 1.76. The minimum atomic E-state index is 0.539. The molecule has 4 aromatic rings. The Kier molecular flexibility index (Phi) is 6.97. The van der Waals surface area contributed by atoms with Crippen molar-refractivity contribution in [3.63, 3.8) is 0 Å². The smallest absolute Gasteiger partial charge is 0.138 e. The summed E-state index contributed by atoms with van der Waals surface area (Å²) in [6.07, 6.45) is 5.38. The van der Waals surface area contributed by atoms with Gasteiger partial charge in [-0.05, 0) is 87.6 Å². The van der Waals surface area contributed by atoms with Crippen molar-refractivity contribution >= 4 is 32.3 Å². The predicted octanol–water partition coefficient (Wildman–Crippen LogP) is 6.06. The summed E-state index contributed by atoms with van der Waals surface area (Å²) in [5.41, 5.74) is 4.85. The fourth-order valence-corrected chi connectivity index (χ4v) is 5.80. The number of aromatic nitrogens is 1. The van der Waals surface area contributed by atoms with Gasteiger partial charge in [-0.25, -0.2) is 5.48 Å². The van der Waals surface area contributed by atoms with Gasteiger partial charge in [0.15, 0.2) is 0 Å². The van der Waals surface area contributed by atoms with Gasteiger partial charge in [0.1, 0.15) is 17.2 Å². The van der Waals surface area contributed by atoms with Gasteiger partial charge >= 0.3 is 0 Å². The molecule has 1 fully saturated rings. The fourth-order valence-electron chi connectivity index (χ4n) is 4.70. The Morgan fingerprint density at radius 1 is 1.12 bits per heavy atom. The first kappa shape index (κ1) is 23.1. The third-order valence-corrected chi connectivity index (χ3v) is 7.73. The molecule has 5 rings (SSSR count). The van der Waals surface area contributed by atoms with E-state index in [-0.39, 0.29) is 0 Å². The second-order valence-electron chi connectivity index (χ2n) is 8.79. The van der Waals surface area contributed by atoms with Crippen molar-refractivity contribution in [2.45, 2.75) is 38.8 Å². The molecule has 6 nitrogen and oxygen atoms in total. The minimum absolute atomic E-state index is 0.539. The number of likely N-dealkylation sites (tertiary alicyclic amines) is 1. The maximum absolute atomic E-state index is 6.35. The number of nitrogens with zero attached hydrogens (tertiary/aromatic N) is 2. The van der Waals surface area contributed by atoms with Crippen molar-refractivity contribution in [3.05, 3.63) is 59.1 Å². The molecular formula is C27H31N3O3S. The van der Waals surface area contributed by atoms with Gasteiger partial charge in [-0.15, -0.1) is 11.3 Å². The summed E-state index contributed by atoms with van der Waals surface area (Å²) in [6, 6.07) is 14.8. The molecule has 1 saturated heterocycles. The molecule has 0 amide bonds. The van der Waals surface area contributed by atoms with Crippen LogP contribution in [0.25, 0.3) is 21.0 Å². The van der Waals surface area contributed by atoms with E-state index in [0.717, 1.165) is 34.6 Å². The van der Waals surface area contributed by atoms with Gasteiger partial charge in [0.05, 0.1) is 18.7 Å². The molecule has 178 valence electrons. The maximum atomic E-state index is 6.35. The molecule has 0 bridgehead atoms. The Labute approximate surface area is 204 Å². The first-order chi connectivity index (χ1) is 16.6. The quantitative estimate of drug-likeness (QED) is 0.296. The molecular weight excluding hydrogens is 446 g/mol. The van der Waals surface area contributed by atoms with E-state index in [4.69, 9.17) is 14.3 Å². The van der Waals surface area contributed by atoms with Crippen LogP contribution in [-0.4, -0.2) is 43.2 Å². The molecule has 7 heteroatoms. The number of thiophene rings is 1. The number of ether oxygens (including phenoxy) is 2. The molecule has 1 unspecified atom stereocenters. The zero-order valence-corrected chi connectivity index (χ0v) is 20.8. The summed E-state index contributed by atoms with van der Waals surface area (Å²) < 4.78 is 13.6. The van der Waals surface area contributed by atoms with Crippen LogP contribution in [0, 0.1) is 6.92 Å². The van der Waals surface area contributed by atoms with E-state index in [1.165, 1.54) is 39.9 Å². The number of hydroxylamine groups is 1. The minimum Gasteiger partial charge on any atom is -0.494 e. The third kappa shape index (κ3) is 4.88.